The topological polar surface area (TPSA) is 49.8 Å². The minimum absolute atomic E-state index is 0.607. The Morgan fingerprint density at radius 3 is 2.93 bits per heavy atom. The second-order valence-corrected chi connectivity index (χ2v) is 4.52. The molecular weight excluding hydrogens is 260 g/mol. The molecule has 4 heteroatoms. The maximum Gasteiger partial charge on any atom is 0.105 e. The van der Waals surface area contributed by atoms with Crippen LogP contribution in [-0.2, 0) is 5.33 Å². The van der Waals surface area contributed by atoms with Crippen molar-refractivity contribution < 1.29 is 0 Å². The molecule has 2 nitrogen and oxygen atoms in total. The number of nitriles is 1. The molecule has 14 heavy (non-hydrogen) atoms. The number of thiophene rings is 1. The fourth-order valence-electron chi connectivity index (χ4n) is 1.46. The first-order valence-electron chi connectivity index (χ1n) is 4.04. The van der Waals surface area contributed by atoms with Gasteiger partial charge in [0.2, 0.25) is 0 Å². The number of benzene rings is 1. The summed E-state index contributed by atoms with van der Waals surface area (Å²) in [6, 6.07) is 8.13. The van der Waals surface area contributed by atoms with Crippen molar-refractivity contribution in [1.82, 2.24) is 0 Å². The summed E-state index contributed by atoms with van der Waals surface area (Å²) >= 11 is 4.87. The fraction of sp³-hybridized carbons (Fsp3) is 0.100. The molecule has 0 radical (unpaired) electrons. The van der Waals surface area contributed by atoms with E-state index in [4.69, 9.17) is 11.0 Å². The number of rotatable bonds is 1. The van der Waals surface area contributed by atoms with E-state index >= 15 is 0 Å². The zero-order chi connectivity index (χ0) is 10.1. The molecule has 0 aliphatic heterocycles. The third-order valence-corrected chi connectivity index (χ3v) is 3.67. The molecule has 0 saturated carbocycles. The van der Waals surface area contributed by atoms with Crippen LogP contribution in [0.25, 0.3) is 10.1 Å². The fourth-order valence-corrected chi connectivity index (χ4v) is 2.90. The molecular formula is C10H7BrN2S. The lowest BCUT2D eigenvalue weighted by atomic mass is 10.1. The number of halogens is 1. The molecule has 0 aliphatic rings. The molecule has 0 atom stereocenters. The summed E-state index contributed by atoms with van der Waals surface area (Å²) in [6.45, 7) is 0. The number of hydrogen-bond donors (Lipinski definition) is 1. The molecule has 0 amide bonds. The maximum atomic E-state index is 8.99. The van der Waals surface area contributed by atoms with Crippen molar-refractivity contribution in [3.63, 3.8) is 0 Å². The summed E-state index contributed by atoms with van der Waals surface area (Å²) in [4.78, 5) is 0. The average molecular weight is 267 g/mol. The van der Waals surface area contributed by atoms with Gasteiger partial charge in [-0.2, -0.15) is 5.26 Å². The van der Waals surface area contributed by atoms with E-state index in [1.807, 2.05) is 18.2 Å². The molecule has 2 rings (SSSR count). The maximum absolute atomic E-state index is 8.99. The number of fused-ring (bicyclic) bond motifs is 1. The molecule has 2 N–H and O–H groups in total. The summed E-state index contributed by atoms with van der Waals surface area (Å²) in [5, 5.41) is 11.3. The van der Waals surface area contributed by atoms with Crippen molar-refractivity contribution in [1.29, 1.82) is 5.26 Å². The van der Waals surface area contributed by atoms with E-state index in [1.165, 1.54) is 11.3 Å². The Morgan fingerprint density at radius 1 is 1.50 bits per heavy atom. The molecule has 1 aromatic carbocycles. The Balaban J connectivity index is 2.91. The molecule has 1 aromatic heterocycles. The zero-order valence-electron chi connectivity index (χ0n) is 7.25. The Labute approximate surface area is 94.1 Å². The molecule has 0 saturated heterocycles. The van der Waals surface area contributed by atoms with E-state index in [9.17, 15) is 0 Å². The van der Waals surface area contributed by atoms with Gasteiger partial charge in [-0.05, 0) is 11.6 Å². The van der Waals surface area contributed by atoms with Crippen molar-refractivity contribution in [2.75, 3.05) is 5.73 Å². The van der Waals surface area contributed by atoms with E-state index < -0.39 is 0 Å². The van der Waals surface area contributed by atoms with Crippen molar-refractivity contribution in [3.8, 4) is 6.07 Å². The predicted molar refractivity (Wildman–Crippen MR) is 63.6 cm³/mol. The van der Waals surface area contributed by atoms with Crippen LogP contribution in [0.1, 0.15) is 11.1 Å². The summed E-state index contributed by atoms with van der Waals surface area (Å²) in [5.74, 6) is 0. The highest BCUT2D eigenvalue weighted by atomic mass is 79.9. The SMILES string of the molecule is N#Cc1c(N)sc2cccc(CBr)c12. The second kappa shape index (κ2) is 3.60. The monoisotopic (exact) mass is 266 g/mol. The number of nitrogen functional groups attached to an aromatic ring is 1. The number of nitrogens with two attached hydrogens (primary N) is 1. The van der Waals surface area contributed by atoms with Gasteiger partial charge in [0.15, 0.2) is 0 Å². The van der Waals surface area contributed by atoms with Gasteiger partial charge in [-0.15, -0.1) is 11.3 Å². The Hall–Kier alpha value is -1.05. The van der Waals surface area contributed by atoms with Crippen LogP contribution in [0.15, 0.2) is 18.2 Å². The number of hydrogen-bond acceptors (Lipinski definition) is 3. The molecule has 0 bridgehead atoms. The van der Waals surface area contributed by atoms with Gasteiger partial charge in [-0.1, -0.05) is 28.1 Å². The molecule has 0 aliphatic carbocycles. The molecule has 2 aromatic rings. The first-order valence-corrected chi connectivity index (χ1v) is 5.97. The van der Waals surface area contributed by atoms with Gasteiger partial charge in [-0.3, -0.25) is 0 Å². The lowest BCUT2D eigenvalue weighted by molar-refractivity contribution is 1.48. The zero-order valence-corrected chi connectivity index (χ0v) is 9.65. The van der Waals surface area contributed by atoms with E-state index in [2.05, 4.69) is 22.0 Å². The summed E-state index contributed by atoms with van der Waals surface area (Å²) in [7, 11) is 0. The number of nitrogens with zero attached hydrogens (tertiary/aromatic N) is 1. The van der Waals surface area contributed by atoms with Crippen molar-refractivity contribution in [2.45, 2.75) is 5.33 Å². The van der Waals surface area contributed by atoms with Crippen LogP contribution in [0, 0.1) is 11.3 Å². The van der Waals surface area contributed by atoms with Gasteiger partial charge >= 0.3 is 0 Å². The Kier molecular flexibility index (Phi) is 2.44. The van der Waals surface area contributed by atoms with Gasteiger partial charge in [0.05, 0.1) is 5.56 Å². The minimum Gasteiger partial charge on any atom is -0.389 e. The quantitative estimate of drug-likeness (QED) is 0.806. The van der Waals surface area contributed by atoms with Crippen LogP contribution in [0.2, 0.25) is 0 Å². The third kappa shape index (κ3) is 1.29. The standard InChI is InChI=1S/C10H7BrN2S/c11-4-6-2-1-3-8-9(6)7(5-12)10(13)14-8/h1-3H,4,13H2. The van der Waals surface area contributed by atoms with Crippen LogP contribution in [0.3, 0.4) is 0 Å². The smallest absolute Gasteiger partial charge is 0.105 e. The summed E-state index contributed by atoms with van der Waals surface area (Å²) in [6.07, 6.45) is 0. The highest BCUT2D eigenvalue weighted by Gasteiger charge is 2.11. The molecule has 70 valence electrons. The molecule has 1 heterocycles. The van der Waals surface area contributed by atoms with E-state index in [0.717, 1.165) is 21.0 Å². The van der Waals surface area contributed by atoms with Gasteiger partial charge in [0, 0.05) is 15.4 Å². The minimum atomic E-state index is 0.607. The molecule has 0 spiro atoms. The van der Waals surface area contributed by atoms with Gasteiger partial charge in [0.1, 0.15) is 11.1 Å². The van der Waals surface area contributed by atoms with Gasteiger partial charge in [-0.25, -0.2) is 0 Å². The average Bonchev–Trinajstić information content (AvgIpc) is 2.52. The Bertz CT molecular complexity index is 525. The third-order valence-electron chi connectivity index (χ3n) is 2.08. The largest absolute Gasteiger partial charge is 0.389 e. The van der Waals surface area contributed by atoms with E-state index in [0.29, 0.717) is 10.6 Å². The van der Waals surface area contributed by atoms with Crippen molar-refractivity contribution in [3.05, 3.63) is 29.3 Å². The molecule has 0 fully saturated rings. The van der Waals surface area contributed by atoms with Crippen molar-refractivity contribution in [2.24, 2.45) is 0 Å². The normalized spacial score (nSPS) is 10.3. The van der Waals surface area contributed by atoms with E-state index in [1.54, 1.807) is 0 Å². The van der Waals surface area contributed by atoms with Crippen LogP contribution in [0.4, 0.5) is 5.00 Å². The highest BCUT2D eigenvalue weighted by molar-refractivity contribution is 9.08. The molecule has 0 unspecified atom stereocenters. The lowest BCUT2D eigenvalue weighted by Gasteiger charge is -1.97. The van der Waals surface area contributed by atoms with E-state index in [-0.39, 0.29) is 0 Å². The first kappa shape index (κ1) is 9.50. The highest BCUT2D eigenvalue weighted by Crippen LogP contribution is 2.35. The van der Waals surface area contributed by atoms with Gasteiger partial charge in [0.25, 0.3) is 0 Å². The van der Waals surface area contributed by atoms with Crippen LogP contribution < -0.4 is 5.73 Å². The predicted octanol–water partition coefficient (Wildman–Crippen LogP) is 3.25. The summed E-state index contributed by atoms with van der Waals surface area (Å²) in [5.41, 5.74) is 7.50. The summed E-state index contributed by atoms with van der Waals surface area (Å²) < 4.78 is 1.08. The second-order valence-electron chi connectivity index (χ2n) is 2.88. The lowest BCUT2D eigenvalue weighted by Crippen LogP contribution is -1.85. The van der Waals surface area contributed by atoms with Crippen LogP contribution >= 0.6 is 27.3 Å². The first-order chi connectivity index (χ1) is 6.77. The number of alkyl halides is 1. The van der Waals surface area contributed by atoms with Crippen molar-refractivity contribution >= 4 is 42.4 Å². The van der Waals surface area contributed by atoms with Gasteiger partial charge < -0.3 is 5.73 Å². The van der Waals surface area contributed by atoms with Crippen LogP contribution in [-0.4, -0.2) is 0 Å². The Morgan fingerprint density at radius 2 is 2.29 bits per heavy atom. The number of anilines is 1. The van der Waals surface area contributed by atoms with Crippen LogP contribution in [0.5, 0.6) is 0 Å².